The molecule has 0 radical (unpaired) electrons. The lowest BCUT2D eigenvalue weighted by Gasteiger charge is -2.56. The molecule has 5 fully saturated rings. The molecule has 0 aromatic rings. The Kier molecular flexibility index (Phi) is 2.46. The molecule has 1 saturated heterocycles. The predicted molar refractivity (Wildman–Crippen MR) is 99.5 cm³/mol. The number of carbonyl (C=O) groups excluding carboxylic acids is 2. The summed E-state index contributed by atoms with van der Waals surface area (Å²) in [5, 5.41) is 0. The van der Waals surface area contributed by atoms with Gasteiger partial charge in [0.05, 0.1) is 0 Å². The van der Waals surface area contributed by atoms with Crippen molar-refractivity contribution in [2.24, 2.45) is 46.3 Å². The molecule has 0 bridgehead atoms. The van der Waals surface area contributed by atoms with Crippen LogP contribution in [0.15, 0.2) is 23.3 Å². The molecule has 0 aromatic carbocycles. The highest BCUT2D eigenvalue weighted by Crippen LogP contribution is 2.81. The Balaban J connectivity index is 1.38. The molecule has 0 aromatic heterocycles. The summed E-state index contributed by atoms with van der Waals surface area (Å²) in [5.41, 5.74) is 3.18. The first kappa shape index (κ1) is 15.5. The van der Waals surface area contributed by atoms with Crippen molar-refractivity contribution < 1.29 is 14.3 Å². The first-order valence-electron chi connectivity index (χ1n) is 11.1. The van der Waals surface area contributed by atoms with Crippen LogP contribution in [0.25, 0.3) is 0 Å². The number of carbonyl (C=O) groups is 2. The third-order valence-corrected chi connectivity index (χ3v) is 10.3. The van der Waals surface area contributed by atoms with Crippen LogP contribution in [0.2, 0.25) is 0 Å². The van der Waals surface area contributed by atoms with E-state index in [4.69, 9.17) is 4.74 Å². The largest absolute Gasteiger partial charge is 0.458 e. The molecular weight excluding hydrogens is 336 g/mol. The molecule has 1 aliphatic heterocycles. The molecule has 1 heterocycles. The number of rotatable bonds is 0. The second kappa shape index (κ2) is 4.28. The minimum atomic E-state index is -0.175. The molecule has 0 unspecified atom stereocenters. The Morgan fingerprint density at radius 2 is 1.89 bits per heavy atom. The van der Waals surface area contributed by atoms with E-state index in [0.717, 1.165) is 31.1 Å². The SMILES string of the molecule is C[C@]12CCC(=O)C=C1[C@@H]1C[C@@H]1[C@@H]1C2=CC[C@@]2(C)[C@H]1[C@@H]1C[C@@H]1[C@@]21CCC(=O)O1. The molecule has 27 heavy (non-hydrogen) atoms. The highest BCUT2D eigenvalue weighted by Gasteiger charge is 2.80. The highest BCUT2D eigenvalue weighted by atomic mass is 16.6. The van der Waals surface area contributed by atoms with Gasteiger partial charge in [-0.3, -0.25) is 9.59 Å². The molecule has 1 spiro atoms. The lowest BCUT2D eigenvalue weighted by Crippen LogP contribution is -2.53. The monoisotopic (exact) mass is 364 g/mol. The van der Waals surface area contributed by atoms with Gasteiger partial charge in [-0.05, 0) is 67.8 Å². The van der Waals surface area contributed by atoms with Crippen molar-refractivity contribution in [2.75, 3.05) is 0 Å². The summed E-state index contributed by atoms with van der Waals surface area (Å²) in [6.45, 7) is 4.87. The second-order valence-corrected chi connectivity index (χ2v) is 11.1. The van der Waals surface area contributed by atoms with Gasteiger partial charge in [0.2, 0.25) is 0 Å². The summed E-state index contributed by atoms with van der Waals surface area (Å²) in [7, 11) is 0. The van der Waals surface area contributed by atoms with Gasteiger partial charge in [0.25, 0.3) is 0 Å². The fourth-order valence-corrected chi connectivity index (χ4v) is 9.01. The summed E-state index contributed by atoms with van der Waals surface area (Å²) in [6, 6.07) is 0. The molecule has 3 heteroatoms. The van der Waals surface area contributed by atoms with Crippen LogP contribution in [-0.4, -0.2) is 17.4 Å². The highest BCUT2D eigenvalue weighted by molar-refractivity contribution is 5.92. The van der Waals surface area contributed by atoms with Crippen LogP contribution >= 0.6 is 0 Å². The van der Waals surface area contributed by atoms with Crippen molar-refractivity contribution in [1.29, 1.82) is 0 Å². The molecule has 9 atom stereocenters. The molecule has 0 N–H and O–H groups in total. The van der Waals surface area contributed by atoms with Gasteiger partial charge in [0.1, 0.15) is 5.60 Å². The van der Waals surface area contributed by atoms with Gasteiger partial charge >= 0.3 is 5.97 Å². The summed E-state index contributed by atoms with van der Waals surface area (Å²) in [6.07, 6.45) is 11.4. The van der Waals surface area contributed by atoms with Crippen molar-refractivity contribution in [1.82, 2.24) is 0 Å². The van der Waals surface area contributed by atoms with Gasteiger partial charge in [-0.2, -0.15) is 0 Å². The standard InChI is InChI=1S/C24H28O3/c1-22-6-3-12(25)9-17(22)13-10-14(13)20-16(22)4-7-23(2)21(20)15-11-18(15)24(23)8-5-19(26)27-24/h4,9,13-15,18,20-21H,3,5-8,10-11H2,1-2H3/t13-,14+,15-,18+,20-,21+,22-,23+,24+/m1/s1. The third kappa shape index (κ3) is 1.53. The molecule has 6 aliphatic carbocycles. The maximum Gasteiger partial charge on any atom is 0.306 e. The Hall–Kier alpha value is -1.38. The molecule has 142 valence electrons. The predicted octanol–water partition coefficient (Wildman–Crippen LogP) is 4.23. The minimum Gasteiger partial charge on any atom is -0.458 e. The van der Waals surface area contributed by atoms with Gasteiger partial charge in [-0.1, -0.05) is 31.1 Å². The van der Waals surface area contributed by atoms with Crippen LogP contribution in [-0.2, 0) is 14.3 Å². The van der Waals surface area contributed by atoms with Gasteiger partial charge in [0.15, 0.2) is 5.78 Å². The second-order valence-electron chi connectivity index (χ2n) is 11.1. The lowest BCUT2D eigenvalue weighted by atomic mass is 9.49. The van der Waals surface area contributed by atoms with Crippen LogP contribution in [0.1, 0.15) is 58.8 Å². The van der Waals surface area contributed by atoms with Crippen molar-refractivity contribution in [3.63, 3.8) is 0 Å². The van der Waals surface area contributed by atoms with Gasteiger partial charge in [0, 0.05) is 29.6 Å². The number of fused-ring (bicyclic) bond motifs is 12. The van der Waals surface area contributed by atoms with Crippen molar-refractivity contribution in [3.05, 3.63) is 23.3 Å². The van der Waals surface area contributed by atoms with Gasteiger partial charge in [-0.25, -0.2) is 0 Å². The lowest BCUT2D eigenvalue weighted by molar-refractivity contribution is -0.166. The Morgan fingerprint density at radius 3 is 2.67 bits per heavy atom. The summed E-state index contributed by atoms with van der Waals surface area (Å²) in [5.74, 6) is 4.47. The van der Waals surface area contributed by atoms with E-state index in [9.17, 15) is 9.59 Å². The Labute approximate surface area is 160 Å². The average molecular weight is 364 g/mol. The van der Waals surface area contributed by atoms with E-state index in [0.29, 0.717) is 42.3 Å². The van der Waals surface area contributed by atoms with Crippen LogP contribution in [0.4, 0.5) is 0 Å². The number of hydrogen-bond acceptors (Lipinski definition) is 3. The molecule has 7 aliphatic rings. The maximum absolute atomic E-state index is 12.1. The topological polar surface area (TPSA) is 43.4 Å². The van der Waals surface area contributed by atoms with E-state index < -0.39 is 0 Å². The van der Waals surface area contributed by atoms with E-state index in [1.165, 1.54) is 18.4 Å². The summed E-state index contributed by atoms with van der Waals surface area (Å²) in [4.78, 5) is 24.3. The van der Waals surface area contributed by atoms with E-state index in [2.05, 4.69) is 19.9 Å². The maximum atomic E-state index is 12.1. The van der Waals surface area contributed by atoms with Crippen LogP contribution in [0.3, 0.4) is 0 Å². The summed E-state index contributed by atoms with van der Waals surface area (Å²) >= 11 is 0. The first-order chi connectivity index (χ1) is 12.9. The summed E-state index contributed by atoms with van der Waals surface area (Å²) < 4.78 is 6.19. The number of ketones is 1. The Bertz CT molecular complexity index is 882. The first-order valence-corrected chi connectivity index (χ1v) is 11.1. The van der Waals surface area contributed by atoms with Gasteiger partial charge < -0.3 is 4.74 Å². The van der Waals surface area contributed by atoms with Crippen LogP contribution in [0, 0.1) is 46.3 Å². The van der Waals surface area contributed by atoms with Crippen molar-refractivity contribution >= 4 is 11.8 Å². The normalized spacial score (nSPS) is 59.0. The quantitative estimate of drug-likeness (QED) is 0.477. The zero-order chi connectivity index (χ0) is 18.3. The molecule has 7 rings (SSSR count). The number of ether oxygens (including phenoxy) is 1. The molecule has 3 nitrogen and oxygen atoms in total. The fourth-order valence-electron chi connectivity index (χ4n) is 9.01. The fraction of sp³-hybridized carbons (Fsp3) is 0.750. The third-order valence-electron chi connectivity index (χ3n) is 10.3. The zero-order valence-electron chi connectivity index (χ0n) is 16.3. The molecular formula is C24H28O3. The van der Waals surface area contributed by atoms with Gasteiger partial charge in [-0.15, -0.1) is 0 Å². The van der Waals surface area contributed by atoms with E-state index >= 15 is 0 Å². The number of hydrogen-bond donors (Lipinski definition) is 0. The van der Waals surface area contributed by atoms with E-state index in [1.54, 1.807) is 5.57 Å². The van der Waals surface area contributed by atoms with E-state index in [1.807, 2.05) is 6.08 Å². The van der Waals surface area contributed by atoms with E-state index in [-0.39, 0.29) is 22.4 Å². The number of esters is 1. The Morgan fingerprint density at radius 1 is 1.04 bits per heavy atom. The zero-order valence-corrected chi connectivity index (χ0v) is 16.3. The van der Waals surface area contributed by atoms with Crippen LogP contribution in [0.5, 0.6) is 0 Å². The van der Waals surface area contributed by atoms with Crippen molar-refractivity contribution in [2.45, 2.75) is 64.4 Å². The smallest absolute Gasteiger partial charge is 0.306 e. The van der Waals surface area contributed by atoms with Crippen LogP contribution < -0.4 is 0 Å². The molecule has 4 saturated carbocycles. The average Bonchev–Trinajstić information content (AvgIpc) is 3.53. The molecule has 0 amide bonds. The number of allylic oxidation sites excluding steroid dienone is 4. The minimum absolute atomic E-state index is 0.0354. The van der Waals surface area contributed by atoms with Crippen molar-refractivity contribution in [3.8, 4) is 0 Å².